The standard InChI is InChI=1S/C28H33NO7S2/c1-29(13-11-20(30)9-7-19-8-10-23(31)25(15-19)33-2)22-16-26-27(35-18-34-26)17-24(22)36-28(32)6-4-3-5-21-12-14-37-38-21/h7-10,15-17,21,31H,3-6,11-14,18H2,1-2H3. The number of benzene rings is 2. The van der Waals surface area contributed by atoms with Crippen LogP contribution in [0.4, 0.5) is 5.69 Å². The average molecular weight is 560 g/mol. The van der Waals surface area contributed by atoms with Crippen LogP contribution >= 0.6 is 21.6 Å². The summed E-state index contributed by atoms with van der Waals surface area (Å²) in [4.78, 5) is 27.0. The fourth-order valence-corrected chi connectivity index (χ4v) is 7.17. The topological polar surface area (TPSA) is 94.5 Å². The SMILES string of the molecule is COc1cc(C=CC(=O)CCN(C)c2cc3c(cc2OC(=O)CCCCC2CCSS2)OCO3)ccc1O. The second kappa shape index (κ2) is 13.7. The number of phenolic OH excluding ortho intramolecular Hbond substituents is 1. The van der Waals surface area contributed by atoms with Crippen LogP contribution in [0.3, 0.4) is 0 Å². The highest BCUT2D eigenvalue weighted by molar-refractivity contribution is 8.77. The number of allylic oxidation sites excluding steroid dienone is 1. The highest BCUT2D eigenvalue weighted by Gasteiger charge is 2.22. The van der Waals surface area contributed by atoms with Crippen LogP contribution in [0.25, 0.3) is 6.08 Å². The molecule has 0 aliphatic carbocycles. The fourth-order valence-electron chi connectivity index (χ4n) is 4.14. The molecule has 0 amide bonds. The van der Waals surface area contributed by atoms with E-state index in [1.54, 1.807) is 30.3 Å². The van der Waals surface area contributed by atoms with Crippen molar-refractivity contribution in [1.29, 1.82) is 0 Å². The molecule has 0 spiro atoms. The lowest BCUT2D eigenvalue weighted by Crippen LogP contribution is -2.22. The zero-order valence-electron chi connectivity index (χ0n) is 21.6. The number of carbonyl (C=O) groups is 2. The van der Waals surface area contributed by atoms with E-state index in [1.165, 1.54) is 31.4 Å². The lowest BCUT2D eigenvalue weighted by atomic mass is 10.1. The summed E-state index contributed by atoms with van der Waals surface area (Å²) < 4.78 is 21.9. The van der Waals surface area contributed by atoms with Gasteiger partial charge >= 0.3 is 5.97 Å². The molecule has 10 heteroatoms. The minimum absolute atomic E-state index is 0.0418. The number of rotatable bonds is 13. The van der Waals surface area contributed by atoms with Crippen molar-refractivity contribution in [1.82, 2.24) is 0 Å². The first-order chi connectivity index (χ1) is 18.4. The van der Waals surface area contributed by atoms with Crippen LogP contribution in [0.5, 0.6) is 28.7 Å². The van der Waals surface area contributed by atoms with Gasteiger partial charge in [-0.3, -0.25) is 9.59 Å². The molecule has 1 N–H and O–H groups in total. The third-order valence-corrected chi connectivity index (χ3v) is 9.34. The second-order valence-corrected chi connectivity index (χ2v) is 11.9. The van der Waals surface area contributed by atoms with Gasteiger partial charge in [0.1, 0.15) is 0 Å². The molecule has 38 heavy (non-hydrogen) atoms. The Morgan fingerprint density at radius 1 is 1.13 bits per heavy atom. The Bertz CT molecular complexity index is 1160. The number of phenols is 1. The van der Waals surface area contributed by atoms with Crippen LogP contribution in [0.1, 0.15) is 44.1 Å². The summed E-state index contributed by atoms with van der Waals surface area (Å²) in [7, 11) is 7.20. The molecule has 2 aromatic rings. The molecule has 0 radical (unpaired) electrons. The first kappa shape index (κ1) is 28.0. The summed E-state index contributed by atoms with van der Waals surface area (Å²) in [6.45, 7) is 0.516. The highest BCUT2D eigenvalue weighted by Crippen LogP contribution is 2.43. The van der Waals surface area contributed by atoms with E-state index in [0.29, 0.717) is 46.9 Å². The summed E-state index contributed by atoms with van der Waals surface area (Å²) in [6.07, 6.45) is 7.97. The Labute approximate surface area is 231 Å². The molecule has 0 aromatic heterocycles. The summed E-state index contributed by atoms with van der Waals surface area (Å²) in [5, 5.41) is 10.4. The van der Waals surface area contributed by atoms with Gasteiger partial charge < -0.3 is 29.0 Å². The van der Waals surface area contributed by atoms with Crippen molar-refractivity contribution in [2.75, 3.05) is 38.1 Å². The molecule has 2 aliphatic heterocycles. The van der Waals surface area contributed by atoms with E-state index in [9.17, 15) is 14.7 Å². The van der Waals surface area contributed by atoms with E-state index in [1.807, 2.05) is 33.5 Å². The number of hydrogen-bond acceptors (Lipinski definition) is 10. The molecule has 0 bridgehead atoms. The molecule has 1 unspecified atom stereocenters. The predicted molar refractivity (Wildman–Crippen MR) is 152 cm³/mol. The number of aromatic hydroxyl groups is 1. The van der Waals surface area contributed by atoms with Gasteiger partial charge in [-0.15, -0.1) is 0 Å². The van der Waals surface area contributed by atoms with E-state index in [0.717, 1.165) is 24.8 Å². The summed E-state index contributed by atoms with van der Waals surface area (Å²) in [5.74, 6) is 2.75. The van der Waals surface area contributed by atoms with Gasteiger partial charge in [-0.2, -0.15) is 0 Å². The van der Waals surface area contributed by atoms with Crippen molar-refractivity contribution in [2.24, 2.45) is 0 Å². The summed E-state index contributed by atoms with van der Waals surface area (Å²) >= 11 is 0. The van der Waals surface area contributed by atoms with Gasteiger partial charge in [-0.25, -0.2) is 0 Å². The lowest BCUT2D eigenvalue weighted by molar-refractivity contribution is -0.134. The molecule has 2 aliphatic rings. The largest absolute Gasteiger partial charge is 0.504 e. The number of methoxy groups -OCH3 is 1. The number of nitrogens with zero attached hydrogens (tertiary/aromatic N) is 1. The molecule has 2 heterocycles. The molecule has 1 saturated heterocycles. The molecular formula is C28H33NO7S2. The van der Waals surface area contributed by atoms with E-state index in [-0.39, 0.29) is 30.7 Å². The molecule has 1 fully saturated rings. The van der Waals surface area contributed by atoms with Crippen molar-refractivity contribution < 1.29 is 33.6 Å². The van der Waals surface area contributed by atoms with Crippen LogP contribution in [0, 0.1) is 0 Å². The molecule has 4 rings (SSSR count). The normalized spacial score (nSPS) is 16.1. The number of carbonyl (C=O) groups excluding carboxylic acids is 2. The Morgan fingerprint density at radius 3 is 2.71 bits per heavy atom. The first-order valence-electron chi connectivity index (χ1n) is 12.6. The third-order valence-electron chi connectivity index (χ3n) is 6.33. The Kier molecular flexibility index (Phi) is 10.1. The maximum absolute atomic E-state index is 12.6. The molecule has 1 atom stereocenters. The van der Waals surface area contributed by atoms with E-state index in [4.69, 9.17) is 18.9 Å². The smallest absolute Gasteiger partial charge is 0.311 e. The van der Waals surface area contributed by atoms with E-state index < -0.39 is 0 Å². The number of ketones is 1. The van der Waals surface area contributed by atoms with Crippen molar-refractivity contribution in [3.63, 3.8) is 0 Å². The number of ether oxygens (including phenoxy) is 4. The predicted octanol–water partition coefficient (Wildman–Crippen LogP) is 5.86. The Balaban J connectivity index is 1.33. The molecular weight excluding hydrogens is 526 g/mol. The maximum atomic E-state index is 12.6. The number of hydrogen-bond donors (Lipinski definition) is 1. The van der Waals surface area contributed by atoms with Crippen molar-refractivity contribution in [3.8, 4) is 28.7 Å². The van der Waals surface area contributed by atoms with Gasteiger partial charge in [-0.1, -0.05) is 40.2 Å². The Hall–Kier alpha value is -2.98. The fraction of sp³-hybridized carbons (Fsp3) is 0.429. The quantitative estimate of drug-likeness (QED) is 0.106. The van der Waals surface area contributed by atoms with Gasteiger partial charge in [0.25, 0.3) is 0 Å². The average Bonchev–Trinajstić information content (AvgIpc) is 3.60. The number of fused-ring (bicyclic) bond motifs is 1. The minimum atomic E-state index is -0.282. The van der Waals surface area contributed by atoms with Crippen LogP contribution < -0.4 is 23.8 Å². The zero-order valence-corrected chi connectivity index (χ0v) is 23.3. The number of esters is 1. The van der Waals surface area contributed by atoms with Crippen LogP contribution in [0.15, 0.2) is 36.4 Å². The summed E-state index contributed by atoms with van der Waals surface area (Å²) in [6, 6.07) is 8.34. The minimum Gasteiger partial charge on any atom is -0.504 e. The number of anilines is 1. The summed E-state index contributed by atoms with van der Waals surface area (Å²) in [5.41, 5.74) is 1.40. The van der Waals surface area contributed by atoms with Crippen LogP contribution in [-0.2, 0) is 9.59 Å². The molecule has 8 nitrogen and oxygen atoms in total. The highest BCUT2D eigenvalue weighted by atomic mass is 33.1. The van der Waals surface area contributed by atoms with Gasteiger partial charge in [0.05, 0.1) is 12.8 Å². The van der Waals surface area contributed by atoms with Gasteiger partial charge in [0, 0.05) is 49.6 Å². The molecule has 0 saturated carbocycles. The molecule has 204 valence electrons. The third kappa shape index (κ3) is 7.77. The van der Waals surface area contributed by atoms with Gasteiger partial charge in [-0.05, 0) is 43.0 Å². The van der Waals surface area contributed by atoms with E-state index >= 15 is 0 Å². The van der Waals surface area contributed by atoms with Crippen LogP contribution in [0.2, 0.25) is 0 Å². The zero-order chi connectivity index (χ0) is 26.9. The van der Waals surface area contributed by atoms with E-state index in [2.05, 4.69) is 0 Å². The second-order valence-electron chi connectivity index (χ2n) is 9.12. The maximum Gasteiger partial charge on any atom is 0.311 e. The van der Waals surface area contributed by atoms with Crippen LogP contribution in [-0.4, -0.2) is 55.4 Å². The van der Waals surface area contributed by atoms with Gasteiger partial charge in [0.15, 0.2) is 34.5 Å². The van der Waals surface area contributed by atoms with Crippen molar-refractivity contribution in [2.45, 2.75) is 43.8 Å². The monoisotopic (exact) mass is 559 g/mol. The lowest BCUT2D eigenvalue weighted by Gasteiger charge is -2.22. The number of unbranched alkanes of at least 4 members (excludes halogenated alkanes) is 1. The van der Waals surface area contributed by atoms with Gasteiger partial charge in [0.2, 0.25) is 6.79 Å². The van der Waals surface area contributed by atoms with Crippen molar-refractivity contribution in [3.05, 3.63) is 42.0 Å². The molecule has 2 aromatic carbocycles. The first-order valence-corrected chi connectivity index (χ1v) is 15.0. The van der Waals surface area contributed by atoms with Crippen molar-refractivity contribution >= 4 is 45.1 Å². The Morgan fingerprint density at radius 2 is 1.95 bits per heavy atom.